The number of hydrazine groups is 1. The molecule has 45 heavy (non-hydrogen) atoms. The number of hydrogen-bond acceptors (Lipinski definition) is 8. The predicted molar refractivity (Wildman–Crippen MR) is 171 cm³/mol. The van der Waals surface area contributed by atoms with Crippen molar-refractivity contribution in [2.24, 2.45) is 11.3 Å². The summed E-state index contributed by atoms with van der Waals surface area (Å²) < 4.78 is 40.6. The second kappa shape index (κ2) is 14.9. The Morgan fingerprint density at radius 2 is 1.67 bits per heavy atom. The zero-order valence-electron chi connectivity index (χ0n) is 27.0. The van der Waals surface area contributed by atoms with E-state index in [4.69, 9.17) is 9.47 Å². The molecule has 0 radical (unpaired) electrons. The number of amides is 2. The van der Waals surface area contributed by atoms with Gasteiger partial charge in [0.05, 0.1) is 23.6 Å². The van der Waals surface area contributed by atoms with Crippen LogP contribution in [-0.4, -0.2) is 85.7 Å². The lowest BCUT2D eigenvalue weighted by molar-refractivity contribution is -0.149. The molecule has 4 rings (SSSR count). The summed E-state index contributed by atoms with van der Waals surface area (Å²) in [7, 11) is -4.10. The number of sulfonamides is 1. The Morgan fingerprint density at radius 3 is 2.29 bits per heavy atom. The Bertz CT molecular complexity index is 1410. The Labute approximate surface area is 267 Å². The summed E-state index contributed by atoms with van der Waals surface area (Å²) in [5.41, 5.74) is 3.19. The van der Waals surface area contributed by atoms with E-state index in [0.29, 0.717) is 24.7 Å². The molecule has 0 aromatic heterocycles. The molecular formula is C33H48N4O7S. The van der Waals surface area contributed by atoms with Gasteiger partial charge in [0.1, 0.15) is 13.2 Å². The van der Waals surface area contributed by atoms with Crippen molar-refractivity contribution in [3.05, 3.63) is 54.1 Å². The molecule has 248 valence electrons. The Balaban J connectivity index is 1.67. The lowest BCUT2D eigenvalue weighted by Crippen LogP contribution is -2.60. The van der Waals surface area contributed by atoms with Crippen LogP contribution in [0.2, 0.25) is 0 Å². The molecule has 3 N–H and O–H groups in total. The van der Waals surface area contributed by atoms with Crippen LogP contribution in [0.5, 0.6) is 11.5 Å². The van der Waals surface area contributed by atoms with E-state index in [1.807, 2.05) is 65.0 Å². The molecule has 12 heteroatoms. The standard InChI is InChI=1S/C33H48N4O7S/c1-23(2)21-36(45(41,42)26-13-14-29-30(18-26)44-16-15-43-29)22-28(38)27(17-24-9-7-6-8-10-24)37(32(40)19-33(3,4)5)35-31(39)20-34-25-11-12-25/h6-10,13-14,18,23,25,27-28,34,38H,11-12,15-17,19-22H2,1-5H3,(H,35,39)/t27-,28+/m0/s1. The van der Waals surface area contributed by atoms with Crippen LogP contribution >= 0.6 is 0 Å². The maximum atomic E-state index is 14.1. The number of benzene rings is 2. The lowest BCUT2D eigenvalue weighted by atomic mass is 9.91. The second-order valence-electron chi connectivity index (χ2n) is 13.5. The average Bonchev–Trinajstić information content (AvgIpc) is 3.81. The van der Waals surface area contributed by atoms with Gasteiger partial charge in [-0.2, -0.15) is 4.31 Å². The smallest absolute Gasteiger partial charge is 0.252 e. The second-order valence-corrected chi connectivity index (χ2v) is 15.5. The summed E-state index contributed by atoms with van der Waals surface area (Å²) in [6, 6.07) is 13.1. The maximum Gasteiger partial charge on any atom is 0.252 e. The van der Waals surface area contributed by atoms with Gasteiger partial charge >= 0.3 is 0 Å². The van der Waals surface area contributed by atoms with E-state index in [-0.39, 0.29) is 55.2 Å². The highest BCUT2D eigenvalue weighted by Crippen LogP contribution is 2.33. The van der Waals surface area contributed by atoms with Crippen LogP contribution in [0.4, 0.5) is 0 Å². The van der Waals surface area contributed by atoms with Gasteiger partial charge < -0.3 is 19.9 Å². The summed E-state index contributed by atoms with van der Waals surface area (Å²) in [6.45, 7) is 10.1. The molecule has 0 saturated heterocycles. The molecule has 11 nitrogen and oxygen atoms in total. The number of ether oxygens (including phenoxy) is 2. The van der Waals surface area contributed by atoms with Crippen molar-refractivity contribution in [3.8, 4) is 11.5 Å². The molecule has 2 aromatic rings. The molecule has 0 spiro atoms. The van der Waals surface area contributed by atoms with Gasteiger partial charge in [0.2, 0.25) is 15.9 Å². The van der Waals surface area contributed by atoms with E-state index < -0.39 is 33.5 Å². The summed E-state index contributed by atoms with van der Waals surface area (Å²) in [4.78, 5) is 26.9. The quantitative estimate of drug-likeness (QED) is 0.267. The Hall–Kier alpha value is -3.19. The SMILES string of the molecule is CC(C)CN(C[C@@H](O)[C@H](Cc1ccccc1)N(NC(=O)CNC1CC1)C(=O)CC(C)(C)C)S(=O)(=O)c1ccc2c(c1)OCCO2. The monoisotopic (exact) mass is 644 g/mol. The van der Waals surface area contributed by atoms with Crippen LogP contribution in [0.25, 0.3) is 0 Å². The van der Waals surface area contributed by atoms with Gasteiger partial charge in [-0.25, -0.2) is 13.4 Å². The first-order chi connectivity index (χ1) is 21.2. The minimum atomic E-state index is -4.10. The summed E-state index contributed by atoms with van der Waals surface area (Å²) in [5, 5.41) is 16.3. The van der Waals surface area contributed by atoms with Crippen molar-refractivity contribution in [2.45, 2.75) is 83.4 Å². The molecule has 2 amide bonds. The third-order valence-electron chi connectivity index (χ3n) is 7.50. The first-order valence-corrected chi connectivity index (χ1v) is 17.1. The Morgan fingerprint density at radius 1 is 1.00 bits per heavy atom. The summed E-state index contributed by atoms with van der Waals surface area (Å²) in [5.74, 6) is -0.0254. The Kier molecular flexibility index (Phi) is 11.5. The van der Waals surface area contributed by atoms with E-state index >= 15 is 0 Å². The minimum absolute atomic E-state index is 0.0133. The number of hydrogen-bond donors (Lipinski definition) is 3. The van der Waals surface area contributed by atoms with Gasteiger partial charge in [-0.3, -0.25) is 15.0 Å². The molecule has 1 aliphatic heterocycles. The predicted octanol–water partition coefficient (Wildman–Crippen LogP) is 3.12. The van der Waals surface area contributed by atoms with Crippen molar-refractivity contribution >= 4 is 21.8 Å². The minimum Gasteiger partial charge on any atom is -0.486 e. The van der Waals surface area contributed by atoms with Gasteiger partial charge in [-0.1, -0.05) is 65.0 Å². The van der Waals surface area contributed by atoms with E-state index in [9.17, 15) is 23.1 Å². The number of fused-ring (bicyclic) bond motifs is 1. The number of rotatable bonds is 14. The zero-order chi connectivity index (χ0) is 32.8. The highest BCUT2D eigenvalue weighted by atomic mass is 32.2. The fraction of sp³-hybridized carbons (Fsp3) is 0.576. The van der Waals surface area contributed by atoms with Crippen LogP contribution in [0, 0.1) is 11.3 Å². The highest BCUT2D eigenvalue weighted by molar-refractivity contribution is 7.89. The molecule has 2 aromatic carbocycles. The highest BCUT2D eigenvalue weighted by Gasteiger charge is 2.37. The third kappa shape index (κ3) is 10.2. The molecule has 0 unspecified atom stereocenters. The van der Waals surface area contributed by atoms with Crippen molar-refractivity contribution in [2.75, 3.05) is 32.8 Å². The average molecular weight is 645 g/mol. The largest absolute Gasteiger partial charge is 0.486 e. The van der Waals surface area contributed by atoms with E-state index in [1.165, 1.54) is 21.4 Å². The first-order valence-electron chi connectivity index (χ1n) is 15.7. The zero-order valence-corrected chi connectivity index (χ0v) is 27.8. The van der Waals surface area contributed by atoms with Crippen molar-refractivity contribution in [3.63, 3.8) is 0 Å². The molecule has 1 saturated carbocycles. The number of aliphatic hydroxyl groups excluding tert-OH is 1. The first kappa shape index (κ1) is 34.7. The van der Waals surface area contributed by atoms with E-state index in [2.05, 4.69) is 10.7 Å². The number of aliphatic hydroxyl groups is 1. The summed E-state index contributed by atoms with van der Waals surface area (Å²) in [6.07, 6.45) is 0.939. The molecular weight excluding hydrogens is 596 g/mol. The van der Waals surface area contributed by atoms with Gasteiger partial charge in [0, 0.05) is 31.6 Å². The molecule has 1 fully saturated rings. The van der Waals surface area contributed by atoms with Crippen LogP contribution < -0.4 is 20.2 Å². The maximum absolute atomic E-state index is 14.1. The van der Waals surface area contributed by atoms with Crippen LogP contribution in [-0.2, 0) is 26.0 Å². The van der Waals surface area contributed by atoms with Crippen LogP contribution in [0.3, 0.4) is 0 Å². The normalized spacial score (nSPS) is 16.4. The number of carbonyl (C=O) groups is 2. The lowest BCUT2D eigenvalue weighted by Gasteiger charge is -2.38. The molecule has 1 heterocycles. The van der Waals surface area contributed by atoms with Gasteiger partial charge in [0.25, 0.3) is 5.91 Å². The van der Waals surface area contributed by atoms with E-state index in [1.54, 1.807) is 6.07 Å². The van der Waals surface area contributed by atoms with Crippen molar-refractivity contribution < 1.29 is 32.6 Å². The molecule has 0 bridgehead atoms. The fourth-order valence-electron chi connectivity index (χ4n) is 5.16. The number of nitrogens with one attached hydrogen (secondary N) is 2. The van der Waals surface area contributed by atoms with Crippen molar-refractivity contribution in [1.29, 1.82) is 0 Å². The third-order valence-corrected chi connectivity index (χ3v) is 9.33. The van der Waals surface area contributed by atoms with E-state index in [0.717, 1.165) is 18.4 Å². The number of carbonyl (C=O) groups excluding carboxylic acids is 2. The molecule has 2 atom stereocenters. The molecule has 2 aliphatic rings. The fourth-order valence-corrected chi connectivity index (χ4v) is 6.80. The van der Waals surface area contributed by atoms with Crippen LogP contribution in [0.1, 0.15) is 59.4 Å². The topological polar surface area (TPSA) is 138 Å². The van der Waals surface area contributed by atoms with Crippen LogP contribution in [0.15, 0.2) is 53.4 Å². The van der Waals surface area contributed by atoms with Gasteiger partial charge in [-0.15, -0.1) is 0 Å². The number of nitrogens with zero attached hydrogens (tertiary/aromatic N) is 2. The van der Waals surface area contributed by atoms with Crippen molar-refractivity contribution in [1.82, 2.24) is 20.1 Å². The van der Waals surface area contributed by atoms with Gasteiger partial charge in [-0.05, 0) is 48.3 Å². The van der Waals surface area contributed by atoms with Gasteiger partial charge in [0.15, 0.2) is 11.5 Å². The molecule has 1 aliphatic carbocycles. The summed E-state index contributed by atoms with van der Waals surface area (Å²) >= 11 is 0.